The van der Waals surface area contributed by atoms with Crippen molar-refractivity contribution in [2.45, 2.75) is 13.5 Å². The SMILES string of the molecule is COc1cc(N(N)/C=C(\N)c2cccc(CN3CCOCC3)c2)ccc1C. The van der Waals surface area contributed by atoms with Crippen LogP contribution in [0.25, 0.3) is 5.70 Å². The first-order valence-corrected chi connectivity index (χ1v) is 9.12. The summed E-state index contributed by atoms with van der Waals surface area (Å²) in [6, 6.07) is 14.1. The highest BCUT2D eigenvalue weighted by Crippen LogP contribution is 2.24. The van der Waals surface area contributed by atoms with Gasteiger partial charge in [0.15, 0.2) is 0 Å². The molecular formula is C21H28N4O2. The predicted molar refractivity (Wildman–Crippen MR) is 109 cm³/mol. The molecule has 2 aromatic rings. The zero-order valence-corrected chi connectivity index (χ0v) is 16.0. The summed E-state index contributed by atoms with van der Waals surface area (Å²) in [6.45, 7) is 6.40. The zero-order valence-electron chi connectivity index (χ0n) is 16.0. The van der Waals surface area contributed by atoms with Crippen LogP contribution >= 0.6 is 0 Å². The van der Waals surface area contributed by atoms with Gasteiger partial charge < -0.3 is 15.2 Å². The summed E-state index contributed by atoms with van der Waals surface area (Å²) in [6.07, 6.45) is 1.73. The van der Waals surface area contributed by atoms with Gasteiger partial charge in [0.2, 0.25) is 0 Å². The first-order valence-electron chi connectivity index (χ1n) is 9.12. The highest BCUT2D eigenvalue weighted by Gasteiger charge is 2.11. The Bertz CT molecular complexity index is 801. The van der Waals surface area contributed by atoms with Gasteiger partial charge in [-0.25, -0.2) is 5.84 Å². The maximum atomic E-state index is 6.31. The van der Waals surface area contributed by atoms with E-state index < -0.39 is 0 Å². The van der Waals surface area contributed by atoms with E-state index in [2.05, 4.69) is 17.0 Å². The molecule has 2 aromatic carbocycles. The molecule has 0 spiro atoms. The number of hydrogen-bond acceptors (Lipinski definition) is 6. The van der Waals surface area contributed by atoms with Crippen molar-refractivity contribution in [3.63, 3.8) is 0 Å². The monoisotopic (exact) mass is 368 g/mol. The van der Waals surface area contributed by atoms with E-state index in [-0.39, 0.29) is 0 Å². The van der Waals surface area contributed by atoms with Gasteiger partial charge in [-0.2, -0.15) is 0 Å². The largest absolute Gasteiger partial charge is 0.496 e. The van der Waals surface area contributed by atoms with Crippen LogP contribution in [0.2, 0.25) is 0 Å². The number of methoxy groups -OCH3 is 1. The summed E-state index contributed by atoms with van der Waals surface area (Å²) in [5.41, 5.74) is 11.0. The molecule has 0 unspecified atom stereocenters. The Morgan fingerprint density at radius 2 is 2.00 bits per heavy atom. The van der Waals surface area contributed by atoms with Crippen molar-refractivity contribution in [3.8, 4) is 5.75 Å². The van der Waals surface area contributed by atoms with E-state index >= 15 is 0 Å². The van der Waals surface area contributed by atoms with Crippen LogP contribution in [-0.2, 0) is 11.3 Å². The topological polar surface area (TPSA) is 77.0 Å². The molecule has 4 N–H and O–H groups in total. The Labute approximate surface area is 160 Å². The molecule has 6 nitrogen and oxygen atoms in total. The Morgan fingerprint density at radius 1 is 1.22 bits per heavy atom. The molecule has 0 aliphatic carbocycles. The quantitative estimate of drug-likeness (QED) is 0.603. The second-order valence-corrected chi connectivity index (χ2v) is 6.73. The van der Waals surface area contributed by atoms with Crippen molar-refractivity contribution >= 4 is 11.4 Å². The number of morpholine rings is 1. The van der Waals surface area contributed by atoms with Crippen molar-refractivity contribution < 1.29 is 9.47 Å². The zero-order chi connectivity index (χ0) is 19.2. The lowest BCUT2D eigenvalue weighted by molar-refractivity contribution is 0.0342. The summed E-state index contributed by atoms with van der Waals surface area (Å²) in [5, 5.41) is 1.52. The number of hydrazine groups is 1. The van der Waals surface area contributed by atoms with Crippen LogP contribution in [0.4, 0.5) is 5.69 Å². The molecule has 1 heterocycles. The number of hydrogen-bond donors (Lipinski definition) is 2. The molecule has 0 bridgehead atoms. The predicted octanol–water partition coefficient (Wildman–Crippen LogP) is 2.47. The number of aryl methyl sites for hydroxylation is 1. The average Bonchev–Trinajstić information content (AvgIpc) is 2.69. The normalized spacial score (nSPS) is 15.6. The van der Waals surface area contributed by atoms with E-state index in [1.54, 1.807) is 13.3 Å². The van der Waals surface area contributed by atoms with Crippen LogP contribution < -0.4 is 21.3 Å². The molecule has 3 rings (SSSR count). The Hall–Kier alpha value is -2.54. The van der Waals surface area contributed by atoms with Crippen LogP contribution in [0.3, 0.4) is 0 Å². The molecule has 0 radical (unpaired) electrons. The molecule has 27 heavy (non-hydrogen) atoms. The number of nitrogens with zero attached hydrogens (tertiary/aromatic N) is 2. The van der Waals surface area contributed by atoms with E-state index in [0.29, 0.717) is 5.70 Å². The number of benzene rings is 2. The minimum Gasteiger partial charge on any atom is -0.496 e. The third-order valence-electron chi connectivity index (χ3n) is 4.74. The van der Waals surface area contributed by atoms with Gasteiger partial charge in [-0.05, 0) is 35.7 Å². The molecular weight excluding hydrogens is 340 g/mol. The minimum atomic E-state index is 0.612. The second kappa shape index (κ2) is 8.90. The summed E-state index contributed by atoms with van der Waals surface area (Å²) in [7, 11) is 1.65. The maximum Gasteiger partial charge on any atom is 0.123 e. The number of anilines is 1. The standard InChI is InChI=1S/C21H28N4O2/c1-16-6-7-19(13-21(16)26-2)25(23)15-20(22)18-5-3-4-17(12-18)14-24-8-10-27-11-9-24/h3-7,12-13,15H,8-11,14,22-23H2,1-2H3/b20-15-. The third kappa shape index (κ3) is 5.01. The highest BCUT2D eigenvalue weighted by molar-refractivity contribution is 5.67. The fourth-order valence-electron chi connectivity index (χ4n) is 3.13. The fourth-order valence-corrected chi connectivity index (χ4v) is 3.13. The lowest BCUT2D eigenvalue weighted by Gasteiger charge is -2.26. The van der Waals surface area contributed by atoms with Gasteiger partial charge in [0.25, 0.3) is 0 Å². The summed E-state index contributed by atoms with van der Waals surface area (Å²) in [5.74, 6) is 6.99. The molecule has 1 aliphatic heterocycles. The molecule has 0 amide bonds. The Kier molecular flexibility index (Phi) is 6.34. The molecule has 6 heteroatoms. The van der Waals surface area contributed by atoms with Crippen LogP contribution in [-0.4, -0.2) is 38.3 Å². The van der Waals surface area contributed by atoms with Crippen molar-refractivity contribution in [1.82, 2.24) is 4.90 Å². The molecule has 1 saturated heterocycles. The van der Waals surface area contributed by atoms with Gasteiger partial charge in [0, 0.05) is 31.9 Å². The van der Waals surface area contributed by atoms with E-state index in [0.717, 1.165) is 55.4 Å². The van der Waals surface area contributed by atoms with Crippen LogP contribution in [0.5, 0.6) is 5.75 Å². The Balaban J connectivity index is 1.74. The van der Waals surface area contributed by atoms with Gasteiger partial charge in [-0.3, -0.25) is 9.91 Å². The fraction of sp³-hybridized carbons (Fsp3) is 0.333. The van der Waals surface area contributed by atoms with Gasteiger partial charge in [0.05, 0.1) is 31.7 Å². The van der Waals surface area contributed by atoms with E-state index in [9.17, 15) is 0 Å². The van der Waals surface area contributed by atoms with Crippen LogP contribution in [0, 0.1) is 6.92 Å². The van der Waals surface area contributed by atoms with Crippen molar-refractivity contribution in [2.24, 2.45) is 11.6 Å². The third-order valence-corrected chi connectivity index (χ3v) is 4.74. The first-order chi connectivity index (χ1) is 13.1. The number of rotatable bonds is 6. The maximum absolute atomic E-state index is 6.31. The molecule has 1 aliphatic rings. The second-order valence-electron chi connectivity index (χ2n) is 6.73. The molecule has 0 atom stereocenters. The summed E-state index contributed by atoms with van der Waals surface area (Å²) >= 11 is 0. The first kappa shape index (κ1) is 19.2. The molecule has 0 saturated carbocycles. The van der Waals surface area contributed by atoms with E-state index in [1.165, 1.54) is 10.6 Å². The molecule has 1 fully saturated rings. The smallest absolute Gasteiger partial charge is 0.123 e. The minimum absolute atomic E-state index is 0.612. The van der Waals surface area contributed by atoms with E-state index in [4.69, 9.17) is 21.1 Å². The van der Waals surface area contributed by atoms with Gasteiger partial charge >= 0.3 is 0 Å². The van der Waals surface area contributed by atoms with Crippen molar-refractivity contribution in [3.05, 3.63) is 65.4 Å². The van der Waals surface area contributed by atoms with Gasteiger partial charge in [-0.1, -0.05) is 24.3 Å². The lowest BCUT2D eigenvalue weighted by atomic mass is 10.1. The van der Waals surface area contributed by atoms with Crippen LogP contribution in [0.15, 0.2) is 48.7 Å². The number of ether oxygens (including phenoxy) is 2. The van der Waals surface area contributed by atoms with E-state index in [1.807, 2.05) is 37.3 Å². The molecule has 144 valence electrons. The van der Waals surface area contributed by atoms with Crippen molar-refractivity contribution in [1.29, 1.82) is 0 Å². The lowest BCUT2D eigenvalue weighted by Crippen LogP contribution is -2.35. The van der Waals surface area contributed by atoms with Gasteiger partial charge in [-0.15, -0.1) is 0 Å². The summed E-state index contributed by atoms with van der Waals surface area (Å²) < 4.78 is 10.8. The van der Waals surface area contributed by atoms with Gasteiger partial charge in [0.1, 0.15) is 5.75 Å². The van der Waals surface area contributed by atoms with Crippen LogP contribution in [0.1, 0.15) is 16.7 Å². The Morgan fingerprint density at radius 3 is 2.74 bits per heavy atom. The number of nitrogens with two attached hydrogens (primary N) is 2. The molecule has 0 aromatic heterocycles. The summed E-state index contributed by atoms with van der Waals surface area (Å²) in [4.78, 5) is 2.39. The highest BCUT2D eigenvalue weighted by atomic mass is 16.5. The average molecular weight is 368 g/mol. The van der Waals surface area contributed by atoms with Crippen molar-refractivity contribution in [2.75, 3.05) is 38.4 Å².